The van der Waals surface area contributed by atoms with Crippen LogP contribution in [0, 0.1) is 5.92 Å². The maximum atomic E-state index is 6.52. The summed E-state index contributed by atoms with van der Waals surface area (Å²) < 4.78 is 1.34. The average molecular weight is 233 g/mol. The quantitative estimate of drug-likeness (QED) is 0.848. The van der Waals surface area contributed by atoms with Crippen molar-refractivity contribution in [3.8, 4) is 0 Å². The van der Waals surface area contributed by atoms with Crippen molar-refractivity contribution in [2.75, 3.05) is 0 Å². The van der Waals surface area contributed by atoms with E-state index in [1.54, 1.807) is 11.3 Å². The summed E-state index contributed by atoms with van der Waals surface area (Å²) in [6, 6.07) is 8.60. The number of hydrogen-bond donors (Lipinski definition) is 1. The van der Waals surface area contributed by atoms with Gasteiger partial charge in [-0.05, 0) is 35.2 Å². The van der Waals surface area contributed by atoms with E-state index < -0.39 is 0 Å². The molecule has 1 nitrogen and oxygen atoms in total. The van der Waals surface area contributed by atoms with Crippen molar-refractivity contribution in [1.82, 2.24) is 0 Å². The fourth-order valence-electron chi connectivity index (χ4n) is 2.11. The van der Waals surface area contributed by atoms with Crippen LogP contribution in [0.4, 0.5) is 0 Å². The van der Waals surface area contributed by atoms with Crippen LogP contribution in [0.2, 0.25) is 0 Å². The van der Waals surface area contributed by atoms with Crippen molar-refractivity contribution in [2.45, 2.75) is 32.7 Å². The lowest BCUT2D eigenvalue weighted by atomic mass is 9.80. The molecule has 0 amide bonds. The normalized spacial score (nSPS) is 17.2. The Bertz CT molecular complexity index is 484. The van der Waals surface area contributed by atoms with Crippen molar-refractivity contribution in [3.05, 3.63) is 35.2 Å². The molecule has 1 aromatic heterocycles. The van der Waals surface area contributed by atoms with E-state index in [0.29, 0.717) is 5.92 Å². The third-order valence-electron chi connectivity index (χ3n) is 3.70. The Morgan fingerprint density at radius 1 is 1.38 bits per heavy atom. The first kappa shape index (κ1) is 11.6. The van der Waals surface area contributed by atoms with Crippen LogP contribution in [0.15, 0.2) is 29.6 Å². The third kappa shape index (κ3) is 1.76. The molecule has 2 rings (SSSR count). The van der Waals surface area contributed by atoms with E-state index >= 15 is 0 Å². The molecule has 2 N–H and O–H groups in total. The Kier molecular flexibility index (Phi) is 3.04. The van der Waals surface area contributed by atoms with Gasteiger partial charge in [-0.25, -0.2) is 0 Å². The zero-order valence-electron chi connectivity index (χ0n) is 10.2. The maximum absolute atomic E-state index is 6.52. The smallest absolute Gasteiger partial charge is 0.0421 e. The van der Waals surface area contributed by atoms with E-state index in [-0.39, 0.29) is 5.54 Å². The summed E-state index contributed by atoms with van der Waals surface area (Å²) in [5, 5.41) is 3.45. The molecule has 2 aromatic rings. The molecule has 86 valence electrons. The lowest BCUT2D eigenvalue weighted by Crippen LogP contribution is -2.39. The lowest BCUT2D eigenvalue weighted by Gasteiger charge is -2.32. The van der Waals surface area contributed by atoms with Gasteiger partial charge in [-0.15, -0.1) is 11.3 Å². The van der Waals surface area contributed by atoms with Crippen LogP contribution in [0.1, 0.15) is 32.8 Å². The van der Waals surface area contributed by atoms with Crippen LogP contribution in [0.5, 0.6) is 0 Å². The number of hydrogen-bond acceptors (Lipinski definition) is 2. The molecule has 1 aromatic carbocycles. The van der Waals surface area contributed by atoms with Gasteiger partial charge in [0.2, 0.25) is 0 Å². The first-order chi connectivity index (χ1) is 7.57. The predicted molar refractivity (Wildman–Crippen MR) is 72.8 cm³/mol. The van der Waals surface area contributed by atoms with E-state index in [2.05, 4.69) is 50.4 Å². The summed E-state index contributed by atoms with van der Waals surface area (Å²) in [5.74, 6) is 0.486. The minimum atomic E-state index is -0.237. The van der Waals surface area contributed by atoms with Gasteiger partial charge in [0.25, 0.3) is 0 Å². The van der Waals surface area contributed by atoms with Gasteiger partial charge < -0.3 is 5.73 Å². The van der Waals surface area contributed by atoms with Crippen LogP contribution in [0.25, 0.3) is 10.1 Å². The molecule has 0 aliphatic rings. The summed E-state index contributed by atoms with van der Waals surface area (Å²) in [6.07, 6.45) is 1.11. The molecule has 0 aliphatic heterocycles. The Balaban J connectivity index is 2.58. The minimum Gasteiger partial charge on any atom is -0.321 e. The molecule has 2 heteroatoms. The molecule has 0 spiro atoms. The van der Waals surface area contributed by atoms with E-state index in [0.717, 1.165) is 6.42 Å². The van der Waals surface area contributed by atoms with Gasteiger partial charge in [0.1, 0.15) is 0 Å². The molecule has 1 heterocycles. The summed E-state index contributed by atoms with van der Waals surface area (Å²) in [6.45, 7) is 6.58. The largest absolute Gasteiger partial charge is 0.321 e. The third-order valence-corrected chi connectivity index (χ3v) is 4.66. The Morgan fingerprint density at radius 2 is 2.12 bits per heavy atom. The molecule has 0 bridgehead atoms. The highest BCUT2D eigenvalue weighted by molar-refractivity contribution is 7.17. The number of nitrogens with two attached hydrogens (primary N) is 1. The fourth-order valence-corrected chi connectivity index (χ4v) is 3.14. The van der Waals surface area contributed by atoms with Gasteiger partial charge in [-0.3, -0.25) is 0 Å². The number of benzene rings is 1. The van der Waals surface area contributed by atoms with Crippen LogP contribution in [0.3, 0.4) is 0 Å². The predicted octanol–water partition coefficient (Wildman–Crippen LogP) is 4.12. The minimum absolute atomic E-state index is 0.237. The number of rotatable bonds is 3. The maximum Gasteiger partial charge on any atom is 0.0421 e. The van der Waals surface area contributed by atoms with Crippen LogP contribution >= 0.6 is 11.3 Å². The van der Waals surface area contributed by atoms with Crippen LogP contribution in [-0.4, -0.2) is 0 Å². The Hall–Kier alpha value is -0.860. The topological polar surface area (TPSA) is 26.0 Å². The zero-order valence-corrected chi connectivity index (χ0v) is 11.0. The number of thiophene rings is 1. The highest BCUT2D eigenvalue weighted by atomic mass is 32.1. The van der Waals surface area contributed by atoms with Crippen molar-refractivity contribution in [1.29, 1.82) is 0 Å². The lowest BCUT2D eigenvalue weighted by molar-refractivity contribution is 0.319. The van der Waals surface area contributed by atoms with Crippen molar-refractivity contribution < 1.29 is 0 Å². The van der Waals surface area contributed by atoms with E-state index in [9.17, 15) is 0 Å². The molecule has 2 unspecified atom stereocenters. The second kappa shape index (κ2) is 4.19. The molecule has 0 saturated heterocycles. The molecule has 16 heavy (non-hydrogen) atoms. The monoisotopic (exact) mass is 233 g/mol. The van der Waals surface area contributed by atoms with Crippen LogP contribution < -0.4 is 5.73 Å². The first-order valence-corrected chi connectivity index (χ1v) is 6.71. The summed E-state index contributed by atoms with van der Waals surface area (Å²) >= 11 is 1.79. The standard InChI is InChI=1S/C14H19NS/c1-4-10(2)14(3,15)12-7-5-6-11-8-9-16-13(11)12/h5-10H,4,15H2,1-3H3. The van der Waals surface area contributed by atoms with Crippen LogP contribution in [-0.2, 0) is 5.54 Å². The van der Waals surface area contributed by atoms with Gasteiger partial charge in [0, 0.05) is 10.2 Å². The first-order valence-electron chi connectivity index (χ1n) is 5.83. The molecule has 0 aliphatic carbocycles. The molecule has 0 radical (unpaired) electrons. The zero-order chi connectivity index (χ0) is 11.8. The molecular formula is C14H19NS. The highest BCUT2D eigenvalue weighted by Crippen LogP contribution is 2.35. The summed E-state index contributed by atoms with van der Waals surface area (Å²) in [5.41, 5.74) is 7.57. The van der Waals surface area contributed by atoms with Gasteiger partial charge in [0.15, 0.2) is 0 Å². The van der Waals surface area contributed by atoms with E-state index in [1.807, 2.05) is 0 Å². The SMILES string of the molecule is CCC(C)C(C)(N)c1cccc2ccsc12. The second-order valence-electron chi connectivity index (χ2n) is 4.74. The molecule has 2 atom stereocenters. The number of fused-ring (bicyclic) bond motifs is 1. The van der Waals surface area contributed by atoms with Crippen molar-refractivity contribution >= 4 is 21.4 Å². The van der Waals surface area contributed by atoms with Gasteiger partial charge in [-0.1, -0.05) is 38.5 Å². The molecule has 0 saturated carbocycles. The molecular weight excluding hydrogens is 214 g/mol. The average Bonchev–Trinajstić information content (AvgIpc) is 2.75. The molecule has 0 fully saturated rings. The van der Waals surface area contributed by atoms with E-state index in [1.165, 1.54) is 15.6 Å². The Labute approximate surface area is 101 Å². The van der Waals surface area contributed by atoms with Crippen molar-refractivity contribution in [3.63, 3.8) is 0 Å². The highest BCUT2D eigenvalue weighted by Gasteiger charge is 2.29. The fraction of sp³-hybridized carbons (Fsp3) is 0.429. The Morgan fingerprint density at radius 3 is 2.81 bits per heavy atom. The van der Waals surface area contributed by atoms with E-state index in [4.69, 9.17) is 5.73 Å². The van der Waals surface area contributed by atoms with Gasteiger partial charge in [-0.2, -0.15) is 0 Å². The van der Waals surface area contributed by atoms with Gasteiger partial charge >= 0.3 is 0 Å². The summed E-state index contributed by atoms with van der Waals surface area (Å²) in [7, 11) is 0. The summed E-state index contributed by atoms with van der Waals surface area (Å²) in [4.78, 5) is 0. The van der Waals surface area contributed by atoms with Gasteiger partial charge in [0.05, 0.1) is 0 Å². The second-order valence-corrected chi connectivity index (χ2v) is 5.65. The van der Waals surface area contributed by atoms with Crippen molar-refractivity contribution in [2.24, 2.45) is 11.7 Å².